The Morgan fingerprint density at radius 2 is 2.44 bits per heavy atom. The zero-order valence-corrected chi connectivity index (χ0v) is 5.98. The number of rotatable bonds is 1. The molecule has 2 unspecified atom stereocenters. The highest BCUT2D eigenvalue weighted by Crippen LogP contribution is 2.08. The Morgan fingerprint density at radius 1 is 1.78 bits per heavy atom. The molecule has 2 atom stereocenters. The minimum absolute atomic E-state index is 0.0972. The fourth-order valence-electron chi connectivity index (χ4n) is 0.880. The molecule has 9 heavy (non-hydrogen) atoms. The van der Waals surface area contributed by atoms with Crippen LogP contribution in [0.2, 0.25) is 0 Å². The minimum Gasteiger partial charge on any atom is -0.358 e. The van der Waals surface area contributed by atoms with Gasteiger partial charge in [0, 0.05) is 6.04 Å². The quantitative estimate of drug-likeness (QED) is 0.528. The van der Waals surface area contributed by atoms with Gasteiger partial charge in [0.1, 0.15) is 6.23 Å². The predicted molar refractivity (Wildman–Crippen MR) is 37.2 cm³/mol. The average Bonchev–Trinajstić information content (AvgIpc) is 2.14. The Hall–Kier alpha value is -0.340. The molecule has 52 valence electrons. The van der Waals surface area contributed by atoms with E-state index < -0.39 is 0 Å². The fraction of sp³-hybridized carbons (Fsp3) is 0.714. The lowest BCUT2D eigenvalue weighted by molar-refractivity contribution is 0.128. The normalized spacial score (nSPS) is 34.9. The fourth-order valence-corrected chi connectivity index (χ4v) is 0.880. The first-order chi connectivity index (χ1) is 4.20. The molecule has 0 amide bonds. The van der Waals surface area contributed by atoms with Crippen molar-refractivity contribution in [2.75, 3.05) is 6.61 Å². The van der Waals surface area contributed by atoms with Gasteiger partial charge in [0.25, 0.3) is 0 Å². The van der Waals surface area contributed by atoms with Gasteiger partial charge in [0.15, 0.2) is 0 Å². The van der Waals surface area contributed by atoms with Gasteiger partial charge >= 0.3 is 0 Å². The summed E-state index contributed by atoms with van der Waals surface area (Å²) >= 11 is 0. The third-order valence-corrected chi connectivity index (χ3v) is 1.40. The average molecular weight is 127 g/mol. The van der Waals surface area contributed by atoms with E-state index in [4.69, 9.17) is 4.74 Å². The summed E-state index contributed by atoms with van der Waals surface area (Å²) in [7, 11) is 0. The standard InChI is InChI=1S/C7H13NO/c1-5(2)7-8-6(3)4-9-7/h6-8H,1,4H2,2-3H3. The van der Waals surface area contributed by atoms with Gasteiger partial charge in [-0.1, -0.05) is 6.58 Å². The summed E-state index contributed by atoms with van der Waals surface area (Å²) in [5.74, 6) is 0. The van der Waals surface area contributed by atoms with Crippen LogP contribution in [0.25, 0.3) is 0 Å². The first kappa shape index (κ1) is 6.78. The van der Waals surface area contributed by atoms with E-state index in [9.17, 15) is 0 Å². The van der Waals surface area contributed by atoms with Crippen LogP contribution in [0.3, 0.4) is 0 Å². The van der Waals surface area contributed by atoms with Crippen molar-refractivity contribution < 1.29 is 4.74 Å². The lowest BCUT2D eigenvalue weighted by atomic mass is 10.3. The molecule has 1 N–H and O–H groups in total. The van der Waals surface area contributed by atoms with Gasteiger partial charge in [-0.2, -0.15) is 0 Å². The second-order valence-corrected chi connectivity index (χ2v) is 2.63. The highest BCUT2D eigenvalue weighted by Gasteiger charge is 2.20. The first-order valence-corrected chi connectivity index (χ1v) is 3.23. The van der Waals surface area contributed by atoms with Gasteiger partial charge in [-0.15, -0.1) is 0 Å². The zero-order chi connectivity index (χ0) is 6.85. The van der Waals surface area contributed by atoms with Crippen LogP contribution in [0.5, 0.6) is 0 Å². The SMILES string of the molecule is C=C(C)C1NC(C)CO1. The highest BCUT2D eigenvalue weighted by atomic mass is 16.5. The molecule has 1 fully saturated rings. The van der Waals surface area contributed by atoms with Crippen LogP contribution in [0.4, 0.5) is 0 Å². The highest BCUT2D eigenvalue weighted by molar-refractivity contribution is 4.99. The first-order valence-electron chi connectivity index (χ1n) is 3.23. The molecule has 2 heteroatoms. The molecule has 0 aromatic carbocycles. The Bertz CT molecular complexity index is 122. The molecule has 1 rings (SSSR count). The number of nitrogens with one attached hydrogen (secondary N) is 1. The molecule has 1 heterocycles. The minimum atomic E-state index is 0.0972. The van der Waals surface area contributed by atoms with Crippen molar-refractivity contribution in [1.82, 2.24) is 5.32 Å². The molecule has 0 aromatic heterocycles. The topological polar surface area (TPSA) is 21.3 Å². The summed E-state index contributed by atoms with van der Waals surface area (Å²) in [6.45, 7) is 8.66. The van der Waals surface area contributed by atoms with E-state index in [0.29, 0.717) is 6.04 Å². The van der Waals surface area contributed by atoms with E-state index in [1.807, 2.05) is 6.92 Å². The summed E-state index contributed by atoms with van der Waals surface area (Å²) in [6.07, 6.45) is 0.0972. The molecule has 0 saturated carbocycles. The molecule has 0 aromatic rings. The second kappa shape index (κ2) is 2.50. The van der Waals surface area contributed by atoms with E-state index in [1.54, 1.807) is 0 Å². The van der Waals surface area contributed by atoms with Gasteiger partial charge in [-0.25, -0.2) is 0 Å². The maximum atomic E-state index is 5.32. The van der Waals surface area contributed by atoms with E-state index in [-0.39, 0.29) is 6.23 Å². The predicted octanol–water partition coefficient (Wildman–Crippen LogP) is 0.897. The molecular formula is C7H13NO. The lowest BCUT2D eigenvalue weighted by Gasteiger charge is -2.08. The zero-order valence-electron chi connectivity index (χ0n) is 5.98. The summed E-state index contributed by atoms with van der Waals surface area (Å²) in [5.41, 5.74) is 1.05. The van der Waals surface area contributed by atoms with E-state index in [0.717, 1.165) is 12.2 Å². The van der Waals surface area contributed by atoms with Gasteiger partial charge in [0.05, 0.1) is 6.61 Å². The van der Waals surface area contributed by atoms with Crippen LogP contribution in [-0.4, -0.2) is 18.9 Å². The molecule has 1 saturated heterocycles. The molecule has 1 aliphatic heterocycles. The van der Waals surface area contributed by atoms with E-state index in [2.05, 4.69) is 18.8 Å². The molecular weight excluding hydrogens is 114 g/mol. The van der Waals surface area contributed by atoms with Crippen LogP contribution < -0.4 is 5.32 Å². The number of ether oxygens (including phenoxy) is 1. The van der Waals surface area contributed by atoms with Crippen molar-refractivity contribution in [2.45, 2.75) is 26.1 Å². The molecule has 0 spiro atoms. The summed E-state index contributed by atoms with van der Waals surface area (Å²) < 4.78 is 5.32. The Balaban J connectivity index is 2.39. The van der Waals surface area contributed by atoms with Crippen molar-refractivity contribution in [3.8, 4) is 0 Å². The van der Waals surface area contributed by atoms with Crippen LogP contribution >= 0.6 is 0 Å². The van der Waals surface area contributed by atoms with E-state index in [1.165, 1.54) is 0 Å². The molecule has 2 nitrogen and oxygen atoms in total. The maximum Gasteiger partial charge on any atom is 0.130 e. The summed E-state index contributed by atoms with van der Waals surface area (Å²) in [4.78, 5) is 0. The van der Waals surface area contributed by atoms with Crippen molar-refractivity contribution >= 4 is 0 Å². The van der Waals surface area contributed by atoms with Crippen LogP contribution in [0.15, 0.2) is 12.2 Å². The van der Waals surface area contributed by atoms with Gasteiger partial charge < -0.3 is 4.74 Å². The summed E-state index contributed by atoms with van der Waals surface area (Å²) in [5, 5.41) is 3.23. The largest absolute Gasteiger partial charge is 0.358 e. The van der Waals surface area contributed by atoms with Crippen molar-refractivity contribution in [3.05, 3.63) is 12.2 Å². The third-order valence-electron chi connectivity index (χ3n) is 1.40. The Kier molecular flexibility index (Phi) is 1.88. The van der Waals surface area contributed by atoms with Crippen LogP contribution in [0.1, 0.15) is 13.8 Å². The lowest BCUT2D eigenvalue weighted by Crippen LogP contribution is -2.28. The molecule has 0 aliphatic carbocycles. The molecule has 1 aliphatic rings. The van der Waals surface area contributed by atoms with Crippen molar-refractivity contribution in [1.29, 1.82) is 0 Å². The monoisotopic (exact) mass is 127 g/mol. The van der Waals surface area contributed by atoms with Crippen LogP contribution in [-0.2, 0) is 4.74 Å². The Labute approximate surface area is 55.9 Å². The third kappa shape index (κ3) is 1.53. The van der Waals surface area contributed by atoms with Gasteiger partial charge in [-0.05, 0) is 19.4 Å². The van der Waals surface area contributed by atoms with Gasteiger partial charge in [-0.3, -0.25) is 5.32 Å². The number of hydrogen-bond acceptors (Lipinski definition) is 2. The molecule has 0 radical (unpaired) electrons. The van der Waals surface area contributed by atoms with Gasteiger partial charge in [0.2, 0.25) is 0 Å². The van der Waals surface area contributed by atoms with Crippen molar-refractivity contribution in [2.24, 2.45) is 0 Å². The second-order valence-electron chi connectivity index (χ2n) is 2.63. The summed E-state index contributed by atoms with van der Waals surface area (Å²) in [6, 6.07) is 0.478. The smallest absolute Gasteiger partial charge is 0.130 e. The molecule has 0 bridgehead atoms. The van der Waals surface area contributed by atoms with Crippen molar-refractivity contribution in [3.63, 3.8) is 0 Å². The van der Waals surface area contributed by atoms with E-state index >= 15 is 0 Å². The Morgan fingerprint density at radius 3 is 2.67 bits per heavy atom. The number of hydrogen-bond donors (Lipinski definition) is 1. The van der Waals surface area contributed by atoms with Crippen LogP contribution in [0, 0.1) is 0 Å². The maximum absolute atomic E-state index is 5.32.